The molecule has 22 unspecified atom stereocenters. The van der Waals surface area contributed by atoms with Crippen molar-refractivity contribution < 1.29 is 223 Å². The van der Waals surface area contributed by atoms with Crippen molar-refractivity contribution in [3.05, 3.63) is 0 Å². The molecule has 9 aliphatic rings. The molecule has 0 radical (unpaired) electrons. The van der Waals surface area contributed by atoms with Crippen LogP contribution in [0.25, 0.3) is 0 Å². The van der Waals surface area contributed by atoms with Crippen LogP contribution in [0.2, 0.25) is 0 Å². The molecule has 0 spiro atoms. The van der Waals surface area contributed by atoms with Crippen LogP contribution in [-0.2, 0) is 90.1 Å². The minimum Gasteiger partial charge on any atom is -0.394 e. The zero-order valence-electron chi connectivity index (χ0n) is 58.3. The summed E-state index contributed by atoms with van der Waals surface area (Å²) in [6, 6.07) is -3.08. The number of hydrogen-bond donors (Lipinski definition) is 28. The molecule has 28 N–H and O–H groups in total. The van der Waals surface area contributed by atoms with Crippen LogP contribution in [0.15, 0.2) is 0 Å². The normalized spacial score (nSPS) is 50.5. The van der Waals surface area contributed by atoms with Crippen molar-refractivity contribution >= 4 is 11.8 Å². The molecule has 9 aliphatic heterocycles. The van der Waals surface area contributed by atoms with Gasteiger partial charge in [-0.1, -0.05) is 13.8 Å². The van der Waals surface area contributed by atoms with Crippen LogP contribution >= 0.6 is 0 Å². The Morgan fingerprint density at radius 3 is 0.944 bits per heavy atom. The van der Waals surface area contributed by atoms with Gasteiger partial charge in [0.2, 0.25) is 11.8 Å². The molecule has 0 aliphatic carbocycles. The lowest BCUT2D eigenvalue weighted by atomic mass is 9.87. The first-order valence-electron chi connectivity index (χ1n) is 34.9. The number of aliphatic hydroxyl groups excluding tert-OH is 26. The second kappa shape index (κ2) is 38.8. The Hall–Kier alpha value is -2.78. The van der Waals surface area contributed by atoms with Gasteiger partial charge in [-0.25, -0.2) is 0 Å². The van der Waals surface area contributed by atoms with Gasteiger partial charge in [-0.05, 0) is 5.92 Å². The van der Waals surface area contributed by atoms with E-state index in [-0.39, 0.29) is 0 Å². The van der Waals surface area contributed by atoms with E-state index in [2.05, 4.69) is 10.6 Å². The molecule has 47 heteroatoms. The van der Waals surface area contributed by atoms with E-state index >= 15 is 0 Å². The van der Waals surface area contributed by atoms with Crippen LogP contribution in [0, 0.1) is 5.92 Å². The van der Waals surface area contributed by atoms with Crippen LogP contribution in [0.1, 0.15) is 27.7 Å². The molecule has 9 fully saturated rings. The Labute approximate surface area is 613 Å². The van der Waals surface area contributed by atoms with Crippen molar-refractivity contribution in [3.8, 4) is 0 Å². The van der Waals surface area contributed by atoms with E-state index in [1.807, 2.05) is 0 Å². The van der Waals surface area contributed by atoms with Crippen molar-refractivity contribution in [2.24, 2.45) is 5.92 Å². The SMILES string of the molecule is CC(=O)N[C@@H]1C(O[C@@H]2C(CO)OC(C(C)C)[C@@H](NC(C)=O)[C@H]2O)OC(CO)[C@@H](OC2OC(COC3OC(COC4OC(CO)[C@@H](O)[C@H](O)[C@H]4O)[C@@H](O)[C@H](OC4O[C@@H](CO)[C@@H](O)C(O)C4O)[C@H]3O)[C@@H](O)[C@H](OC3O[C@@H](CO)[C@@H](O)C(O)C3OC3O[C@@H](CO)[C@@H](O)C(O)C3OC3O[C@@H](CO)[C@@H](O)C(O)C3O)[C@H]2O)[C@@H]1O. The van der Waals surface area contributed by atoms with Gasteiger partial charge in [-0.15, -0.1) is 0 Å². The van der Waals surface area contributed by atoms with Crippen molar-refractivity contribution in [1.82, 2.24) is 10.6 Å². The quantitative estimate of drug-likeness (QED) is 0.0346. The van der Waals surface area contributed by atoms with Crippen LogP contribution in [0.5, 0.6) is 0 Å². The zero-order valence-corrected chi connectivity index (χ0v) is 58.3. The summed E-state index contributed by atoms with van der Waals surface area (Å²) in [5, 5.41) is 292. The van der Waals surface area contributed by atoms with E-state index in [1.54, 1.807) is 13.8 Å². The summed E-state index contributed by atoms with van der Waals surface area (Å²) in [7, 11) is 0. The topological polar surface area (TPSA) is 741 Å². The Kier molecular flexibility index (Phi) is 32.0. The Balaban J connectivity index is 1.06. The van der Waals surface area contributed by atoms with Gasteiger partial charge in [0.25, 0.3) is 0 Å². The van der Waals surface area contributed by atoms with Gasteiger partial charge in [0.05, 0.1) is 71.6 Å². The highest BCUT2D eigenvalue weighted by Crippen LogP contribution is 2.40. The molecule has 47 nitrogen and oxygen atoms in total. The Morgan fingerprint density at radius 2 is 0.537 bits per heavy atom. The third kappa shape index (κ3) is 19.2. The van der Waals surface area contributed by atoms with Gasteiger partial charge in [0.15, 0.2) is 50.3 Å². The number of carbonyl (C=O) groups excluding carboxylic acids is 2. The molecule has 628 valence electrons. The molecule has 0 bridgehead atoms. The van der Waals surface area contributed by atoms with Gasteiger partial charge in [-0.2, -0.15) is 0 Å². The van der Waals surface area contributed by atoms with E-state index in [0.717, 1.165) is 13.8 Å². The van der Waals surface area contributed by atoms with Crippen LogP contribution in [0.3, 0.4) is 0 Å². The van der Waals surface area contributed by atoms with Crippen molar-refractivity contribution in [3.63, 3.8) is 0 Å². The first-order valence-corrected chi connectivity index (χ1v) is 34.9. The maximum Gasteiger partial charge on any atom is 0.217 e. The largest absolute Gasteiger partial charge is 0.394 e. The summed E-state index contributed by atoms with van der Waals surface area (Å²) >= 11 is 0. The predicted octanol–water partition coefficient (Wildman–Crippen LogP) is -18.6. The van der Waals surface area contributed by atoms with Gasteiger partial charge >= 0.3 is 0 Å². The van der Waals surface area contributed by atoms with E-state index < -0.39 is 353 Å². The maximum absolute atomic E-state index is 13.1. The van der Waals surface area contributed by atoms with E-state index in [4.69, 9.17) is 80.5 Å². The summed E-state index contributed by atoms with van der Waals surface area (Å²) in [5.41, 5.74) is 0. The first-order chi connectivity index (χ1) is 51.1. The van der Waals surface area contributed by atoms with Crippen LogP contribution in [0.4, 0.5) is 0 Å². The maximum atomic E-state index is 13.1. The van der Waals surface area contributed by atoms with Crippen LogP contribution < -0.4 is 10.6 Å². The summed E-state index contributed by atoms with van der Waals surface area (Å²) in [6.45, 7) is -3.92. The molecule has 2 amide bonds. The standard InChI is InChI=1S/C61H104N2O45/c1-14(2)47-26(62-15(3)71)35(80)48(22(10-69)94-47)103-54-27(63-16(4)72)36(81)49(23(11-70)100-54)104-59-46(91)51(106-60-53(41(86)32(77)20(8-67)98-60)108-61-52(40(85)31(76)21(9-68)99-61)107-58-44(89)39(84)30(75)19(7-66)97-58)34(79)25(102-59)13-93-56-45(90)50(105-57-43(88)38(83)29(74)18(6-65)96-57)33(78)24(101-56)12-92-55-42(87)37(82)28(73)17(5-64)95-55/h14,17-61,64-70,73-91H,5-13H2,1-4H3,(H,62,71)(H,63,72)/t17?,18-,19-,20-,21-,22?,23?,24?,25?,26-,27-,28+,29+,30+,31+,32+,33+,34+,35+,36+,37-,38?,39?,40?,41?,42+,43?,44?,45+,46+,47?,48+,49+,50-,51-,52?,53?,54?,55?,56?,57?,58?,59?,60?,61?/m0/s1. The number of nitrogens with one attached hydrogen (secondary N) is 2. The van der Waals surface area contributed by atoms with Gasteiger partial charge in [-0.3, -0.25) is 9.59 Å². The van der Waals surface area contributed by atoms with E-state index in [0.29, 0.717) is 0 Å². The molecular weight excluding hydrogens is 1480 g/mol. The van der Waals surface area contributed by atoms with Gasteiger partial charge in [0.1, 0.15) is 214 Å². The molecular formula is C61H104N2O45. The molecule has 45 atom stereocenters. The van der Waals surface area contributed by atoms with E-state index in [1.165, 1.54) is 0 Å². The number of rotatable bonds is 28. The monoisotopic (exact) mass is 1580 g/mol. The molecule has 0 saturated carbocycles. The Bertz CT molecular complexity index is 2760. The second-order valence-corrected chi connectivity index (χ2v) is 28.0. The lowest BCUT2D eigenvalue weighted by molar-refractivity contribution is -0.408. The lowest BCUT2D eigenvalue weighted by Gasteiger charge is -2.51. The van der Waals surface area contributed by atoms with Crippen molar-refractivity contribution in [2.75, 3.05) is 59.5 Å². The third-order valence-electron chi connectivity index (χ3n) is 20.3. The third-order valence-corrected chi connectivity index (χ3v) is 20.3. The zero-order chi connectivity index (χ0) is 79.5. The average Bonchev–Trinajstić information content (AvgIpc) is 0.769. The highest BCUT2D eigenvalue weighted by atomic mass is 16.8. The number of hydrogen-bond acceptors (Lipinski definition) is 45. The molecule has 0 aromatic heterocycles. The summed E-state index contributed by atoms with van der Waals surface area (Å²) < 4.78 is 100. The molecule has 9 heterocycles. The summed E-state index contributed by atoms with van der Waals surface area (Å²) in [5.74, 6) is -1.93. The van der Waals surface area contributed by atoms with Crippen LogP contribution in [-0.4, -0.2) is 480 Å². The minimum absolute atomic E-state index is 0.402. The Morgan fingerprint density at radius 1 is 0.269 bits per heavy atom. The van der Waals surface area contributed by atoms with Gasteiger partial charge in [0, 0.05) is 13.8 Å². The molecule has 9 saturated heterocycles. The minimum atomic E-state index is -2.56. The number of ether oxygens (including phenoxy) is 17. The fourth-order valence-electron chi connectivity index (χ4n) is 14.2. The first kappa shape index (κ1) is 89.2. The van der Waals surface area contributed by atoms with E-state index in [9.17, 15) is 142 Å². The number of carbonyl (C=O) groups is 2. The highest BCUT2D eigenvalue weighted by Gasteiger charge is 2.61. The summed E-state index contributed by atoms with van der Waals surface area (Å²) in [6.07, 6.45) is -88.7. The molecule has 9 rings (SSSR count). The van der Waals surface area contributed by atoms with Gasteiger partial charge < -0.3 is 224 Å². The summed E-state index contributed by atoms with van der Waals surface area (Å²) in [4.78, 5) is 25.5. The fourth-order valence-corrected chi connectivity index (χ4v) is 14.2. The lowest BCUT2D eigenvalue weighted by Crippen LogP contribution is -2.71. The number of aliphatic hydroxyl groups is 26. The molecule has 0 aromatic rings. The highest BCUT2D eigenvalue weighted by molar-refractivity contribution is 5.73. The fraction of sp³-hybridized carbons (Fsp3) is 0.967. The molecule has 108 heavy (non-hydrogen) atoms. The number of amides is 2. The van der Waals surface area contributed by atoms with Crippen molar-refractivity contribution in [1.29, 1.82) is 0 Å². The molecule has 0 aromatic carbocycles. The van der Waals surface area contributed by atoms with Crippen molar-refractivity contribution in [2.45, 2.75) is 304 Å². The second-order valence-electron chi connectivity index (χ2n) is 28.0. The smallest absolute Gasteiger partial charge is 0.217 e. The average molecular weight is 1590 g/mol. The predicted molar refractivity (Wildman–Crippen MR) is 333 cm³/mol.